The van der Waals surface area contributed by atoms with Crippen LogP contribution >= 0.6 is 27.5 Å². The van der Waals surface area contributed by atoms with E-state index in [1.54, 1.807) is 0 Å². The highest BCUT2D eigenvalue weighted by atomic mass is 79.9. The van der Waals surface area contributed by atoms with Crippen LogP contribution in [0.15, 0.2) is 22.7 Å². The minimum absolute atomic E-state index is 0.634. The van der Waals surface area contributed by atoms with Gasteiger partial charge >= 0.3 is 0 Å². The molecule has 2 aromatic rings. The summed E-state index contributed by atoms with van der Waals surface area (Å²) in [5.74, 6) is 1.47. The molecule has 0 aliphatic rings. The van der Waals surface area contributed by atoms with Crippen LogP contribution in [0.5, 0.6) is 0 Å². The first-order valence-corrected chi connectivity index (χ1v) is 6.68. The first-order chi connectivity index (χ1) is 8.52. The molecule has 1 aromatic heterocycles. The van der Waals surface area contributed by atoms with E-state index in [0.29, 0.717) is 10.8 Å². The van der Waals surface area contributed by atoms with Crippen molar-refractivity contribution in [3.05, 3.63) is 39.0 Å². The summed E-state index contributed by atoms with van der Waals surface area (Å²) in [6, 6.07) is 5.68. The van der Waals surface area contributed by atoms with Crippen molar-refractivity contribution in [1.82, 2.24) is 9.97 Å². The molecule has 0 radical (unpaired) electrons. The molecule has 0 atom stereocenters. The van der Waals surface area contributed by atoms with Gasteiger partial charge in [0.05, 0.1) is 5.02 Å². The SMILES string of the molecule is CNc1nc(-c2ccc(Br)cc2Cl)nc(C)c1C. The van der Waals surface area contributed by atoms with Gasteiger partial charge in [-0.3, -0.25) is 0 Å². The summed E-state index contributed by atoms with van der Waals surface area (Å²) < 4.78 is 0.939. The predicted octanol–water partition coefficient (Wildman–Crippen LogP) is 4.22. The second kappa shape index (κ2) is 5.24. The first-order valence-electron chi connectivity index (χ1n) is 5.51. The molecule has 2 rings (SSSR count). The summed E-state index contributed by atoms with van der Waals surface area (Å²) in [4.78, 5) is 8.98. The van der Waals surface area contributed by atoms with E-state index in [1.807, 2.05) is 39.1 Å². The van der Waals surface area contributed by atoms with Gasteiger partial charge < -0.3 is 5.32 Å². The zero-order valence-electron chi connectivity index (χ0n) is 10.4. The Bertz CT molecular complexity index is 599. The van der Waals surface area contributed by atoms with E-state index >= 15 is 0 Å². The lowest BCUT2D eigenvalue weighted by Crippen LogP contribution is -2.02. The molecule has 0 aliphatic heterocycles. The van der Waals surface area contributed by atoms with Crippen LogP contribution in [-0.4, -0.2) is 17.0 Å². The van der Waals surface area contributed by atoms with Crippen molar-refractivity contribution in [2.75, 3.05) is 12.4 Å². The Hall–Kier alpha value is -1.13. The standard InChI is InChI=1S/C13H13BrClN3/c1-7-8(2)17-13(18-12(7)16-3)10-5-4-9(14)6-11(10)15/h4-6H,1-3H3,(H,16,17,18). The largest absolute Gasteiger partial charge is 0.373 e. The average Bonchev–Trinajstić information content (AvgIpc) is 2.32. The number of benzene rings is 1. The zero-order valence-corrected chi connectivity index (χ0v) is 12.7. The maximum absolute atomic E-state index is 6.22. The Kier molecular flexibility index (Phi) is 3.88. The molecule has 0 saturated carbocycles. The van der Waals surface area contributed by atoms with E-state index < -0.39 is 0 Å². The van der Waals surface area contributed by atoms with Gasteiger partial charge in [0.25, 0.3) is 0 Å². The lowest BCUT2D eigenvalue weighted by molar-refractivity contribution is 1.07. The fourth-order valence-electron chi connectivity index (χ4n) is 1.66. The third-order valence-electron chi connectivity index (χ3n) is 2.80. The normalized spacial score (nSPS) is 10.5. The van der Waals surface area contributed by atoms with Gasteiger partial charge in [-0.1, -0.05) is 27.5 Å². The van der Waals surface area contributed by atoms with Crippen LogP contribution in [0.25, 0.3) is 11.4 Å². The molecule has 1 aromatic carbocycles. The van der Waals surface area contributed by atoms with Crippen molar-refractivity contribution < 1.29 is 0 Å². The van der Waals surface area contributed by atoms with Crippen molar-refractivity contribution in [3.63, 3.8) is 0 Å². The van der Waals surface area contributed by atoms with Crippen LogP contribution < -0.4 is 5.32 Å². The molecule has 0 unspecified atom stereocenters. The number of hydrogen-bond acceptors (Lipinski definition) is 3. The van der Waals surface area contributed by atoms with Crippen molar-refractivity contribution in [2.45, 2.75) is 13.8 Å². The first kappa shape index (κ1) is 13.3. The van der Waals surface area contributed by atoms with Crippen molar-refractivity contribution in [3.8, 4) is 11.4 Å². The van der Waals surface area contributed by atoms with Gasteiger partial charge in [0.1, 0.15) is 5.82 Å². The van der Waals surface area contributed by atoms with Crippen molar-refractivity contribution in [2.24, 2.45) is 0 Å². The molecule has 1 N–H and O–H groups in total. The molecule has 0 saturated heterocycles. The highest BCUT2D eigenvalue weighted by Crippen LogP contribution is 2.29. The van der Waals surface area contributed by atoms with Crippen LogP contribution in [0.4, 0.5) is 5.82 Å². The number of halogens is 2. The monoisotopic (exact) mass is 325 g/mol. The van der Waals surface area contributed by atoms with Crippen LogP contribution in [0.3, 0.4) is 0 Å². The van der Waals surface area contributed by atoms with E-state index in [-0.39, 0.29) is 0 Å². The molecule has 0 fully saturated rings. The summed E-state index contributed by atoms with van der Waals surface area (Å²) in [7, 11) is 1.85. The average molecular weight is 327 g/mol. The smallest absolute Gasteiger partial charge is 0.163 e. The molecule has 0 aliphatic carbocycles. The van der Waals surface area contributed by atoms with Gasteiger partial charge in [-0.05, 0) is 32.0 Å². The zero-order chi connectivity index (χ0) is 13.3. The fraction of sp³-hybridized carbons (Fsp3) is 0.231. The van der Waals surface area contributed by atoms with Gasteiger partial charge in [-0.15, -0.1) is 0 Å². The molecule has 3 nitrogen and oxygen atoms in total. The van der Waals surface area contributed by atoms with E-state index in [4.69, 9.17) is 11.6 Å². The summed E-state index contributed by atoms with van der Waals surface area (Å²) in [5.41, 5.74) is 2.83. The van der Waals surface area contributed by atoms with Gasteiger partial charge in [0.15, 0.2) is 5.82 Å². The van der Waals surface area contributed by atoms with Crippen LogP contribution in [0.2, 0.25) is 5.02 Å². The lowest BCUT2D eigenvalue weighted by Gasteiger charge is -2.10. The molecule has 1 heterocycles. The quantitative estimate of drug-likeness (QED) is 0.898. The van der Waals surface area contributed by atoms with Gasteiger partial charge in [0.2, 0.25) is 0 Å². The summed E-state index contributed by atoms with van der Waals surface area (Å²) in [5, 5.41) is 3.71. The van der Waals surface area contributed by atoms with Gasteiger partial charge in [0, 0.05) is 28.3 Å². The van der Waals surface area contributed by atoms with Crippen molar-refractivity contribution >= 4 is 33.3 Å². The van der Waals surface area contributed by atoms with Crippen LogP contribution in [0, 0.1) is 13.8 Å². The minimum Gasteiger partial charge on any atom is -0.373 e. The molecule has 18 heavy (non-hydrogen) atoms. The maximum Gasteiger partial charge on any atom is 0.163 e. The third-order valence-corrected chi connectivity index (χ3v) is 3.60. The molecular formula is C13H13BrClN3. The predicted molar refractivity (Wildman–Crippen MR) is 79.2 cm³/mol. The highest BCUT2D eigenvalue weighted by Gasteiger charge is 2.11. The maximum atomic E-state index is 6.22. The highest BCUT2D eigenvalue weighted by molar-refractivity contribution is 9.10. The topological polar surface area (TPSA) is 37.8 Å². The van der Waals surface area contributed by atoms with E-state index in [2.05, 4.69) is 31.2 Å². The minimum atomic E-state index is 0.634. The van der Waals surface area contributed by atoms with E-state index in [0.717, 1.165) is 27.1 Å². The number of nitrogens with one attached hydrogen (secondary N) is 1. The second-order valence-electron chi connectivity index (χ2n) is 3.98. The second-order valence-corrected chi connectivity index (χ2v) is 5.30. The van der Waals surface area contributed by atoms with E-state index in [1.165, 1.54) is 0 Å². The molecule has 0 spiro atoms. The number of nitrogens with zero attached hydrogens (tertiary/aromatic N) is 2. The Balaban J connectivity index is 2.60. The molecule has 94 valence electrons. The summed E-state index contributed by atoms with van der Waals surface area (Å²) in [6.07, 6.45) is 0. The summed E-state index contributed by atoms with van der Waals surface area (Å²) >= 11 is 9.61. The Morgan fingerprint density at radius 2 is 1.94 bits per heavy atom. The van der Waals surface area contributed by atoms with E-state index in [9.17, 15) is 0 Å². The number of rotatable bonds is 2. The number of aromatic nitrogens is 2. The fourth-order valence-corrected chi connectivity index (χ4v) is 2.42. The Morgan fingerprint density at radius 3 is 2.56 bits per heavy atom. The molecule has 5 heteroatoms. The number of anilines is 1. The van der Waals surface area contributed by atoms with Crippen LogP contribution in [0.1, 0.15) is 11.3 Å². The molecule has 0 bridgehead atoms. The third kappa shape index (κ3) is 2.49. The number of aryl methyl sites for hydroxylation is 1. The molecular weight excluding hydrogens is 314 g/mol. The molecule has 0 amide bonds. The van der Waals surface area contributed by atoms with Gasteiger partial charge in [-0.25, -0.2) is 9.97 Å². The van der Waals surface area contributed by atoms with Crippen molar-refractivity contribution in [1.29, 1.82) is 0 Å². The van der Waals surface area contributed by atoms with Gasteiger partial charge in [-0.2, -0.15) is 0 Å². The summed E-state index contributed by atoms with van der Waals surface area (Å²) in [6.45, 7) is 3.96. The lowest BCUT2D eigenvalue weighted by atomic mass is 10.2. The number of hydrogen-bond donors (Lipinski definition) is 1. The Morgan fingerprint density at radius 1 is 1.22 bits per heavy atom. The van der Waals surface area contributed by atoms with Crippen LogP contribution in [-0.2, 0) is 0 Å². The Labute approximate surface area is 120 Å².